The second-order valence-electron chi connectivity index (χ2n) is 12.7. The van der Waals surface area contributed by atoms with E-state index in [1.807, 2.05) is 0 Å². The second-order valence-corrected chi connectivity index (χ2v) is 15.1. The van der Waals surface area contributed by atoms with Crippen molar-refractivity contribution in [1.82, 2.24) is 25.5 Å². The van der Waals surface area contributed by atoms with Gasteiger partial charge in [-0.25, -0.2) is 18.0 Å². The number of benzene rings is 1. The number of carbonyl (C=O) groups excluding carboxylic acids is 5. The first-order valence-electron chi connectivity index (χ1n) is 16.4. The molecule has 5 rings (SSSR count). The first kappa shape index (κ1) is 38.5. The molecule has 0 aliphatic carbocycles. The summed E-state index contributed by atoms with van der Waals surface area (Å²) < 4.78 is 58.2. The highest BCUT2D eigenvalue weighted by molar-refractivity contribution is 7.92. The third-order valence-corrected chi connectivity index (χ3v) is 9.35. The molecular weight excluding hydrogens is 716 g/mol. The number of pyridine rings is 2. The van der Waals surface area contributed by atoms with E-state index in [-0.39, 0.29) is 47.8 Å². The van der Waals surface area contributed by atoms with E-state index in [0.717, 1.165) is 23.2 Å². The number of halogens is 2. The number of aromatic nitrogens is 2. The Balaban J connectivity index is 1.30. The molecule has 0 spiro atoms. The molecule has 53 heavy (non-hydrogen) atoms. The maximum Gasteiger partial charge on any atom is 0.276 e. The highest BCUT2D eigenvalue weighted by atomic mass is 32.2. The van der Waals surface area contributed by atoms with Crippen molar-refractivity contribution >= 4 is 50.9 Å². The topological polar surface area (TPSA) is 198 Å². The third-order valence-electron chi connectivity index (χ3n) is 7.92. The largest absolute Gasteiger partial charge is 0.493 e. The molecule has 1 aromatic carbocycles. The van der Waals surface area contributed by atoms with Crippen molar-refractivity contribution in [2.24, 2.45) is 10.3 Å². The highest BCUT2D eigenvalue weighted by Crippen LogP contribution is 2.34. The molecule has 5 amide bonds. The van der Waals surface area contributed by atoms with Crippen molar-refractivity contribution in [2.45, 2.75) is 45.0 Å². The molecule has 3 N–H and O–H groups in total. The smallest absolute Gasteiger partial charge is 0.276 e. The van der Waals surface area contributed by atoms with Gasteiger partial charge < -0.3 is 25.4 Å². The van der Waals surface area contributed by atoms with Crippen molar-refractivity contribution in [1.29, 1.82) is 0 Å². The number of ether oxygens (including phenoxy) is 2. The summed E-state index contributed by atoms with van der Waals surface area (Å²) in [6.07, 6.45) is 4.69. The summed E-state index contributed by atoms with van der Waals surface area (Å²) in [7, 11) is -3.27. The van der Waals surface area contributed by atoms with Gasteiger partial charge in [0.15, 0.2) is 0 Å². The van der Waals surface area contributed by atoms with Gasteiger partial charge in [-0.3, -0.25) is 28.9 Å². The molecule has 4 bridgehead atoms. The Hall–Kier alpha value is -5.78. The maximum absolute atomic E-state index is 15.0. The fourth-order valence-electron chi connectivity index (χ4n) is 5.34. The molecule has 2 aliphatic rings. The second kappa shape index (κ2) is 16.3. The molecule has 3 aromatic rings. The Morgan fingerprint density at radius 1 is 0.981 bits per heavy atom. The minimum Gasteiger partial charge on any atom is -0.493 e. The van der Waals surface area contributed by atoms with Gasteiger partial charge in [0.25, 0.3) is 17.7 Å². The van der Waals surface area contributed by atoms with Gasteiger partial charge in [0.05, 0.1) is 34.9 Å². The number of imide groups is 1. The molecule has 18 heteroatoms. The van der Waals surface area contributed by atoms with Crippen molar-refractivity contribution in [3.05, 3.63) is 71.9 Å². The number of nitrogens with one attached hydrogen (secondary N) is 3. The third kappa shape index (κ3) is 9.97. The molecule has 2 aromatic heterocycles. The summed E-state index contributed by atoms with van der Waals surface area (Å²) >= 11 is 0. The van der Waals surface area contributed by atoms with E-state index in [2.05, 4.69) is 30.3 Å². The SMILES string of the molecule is CC(C)[C@H](NC(=O)CN1C(=O)C=CC1=O)C(=O)N[C@@H](C)C(=O)N=S(C)(=O)Cc1cc2nc(c1)OCCCOc1cc(F)ccc1-c1cc(ncc1F)N2. The van der Waals surface area contributed by atoms with Crippen LogP contribution in [0.4, 0.5) is 20.4 Å². The van der Waals surface area contributed by atoms with E-state index < -0.39 is 75.4 Å². The summed E-state index contributed by atoms with van der Waals surface area (Å²) in [4.78, 5) is 71.6. The molecule has 2 aliphatic heterocycles. The summed E-state index contributed by atoms with van der Waals surface area (Å²) in [6, 6.07) is 5.88. The fraction of sp³-hybridized carbons (Fsp3) is 0.343. The van der Waals surface area contributed by atoms with E-state index in [9.17, 15) is 37.0 Å². The minimum atomic E-state index is -3.27. The highest BCUT2D eigenvalue weighted by Gasteiger charge is 2.31. The summed E-state index contributed by atoms with van der Waals surface area (Å²) in [5, 5.41) is 7.94. The molecule has 280 valence electrons. The standard InChI is InChI=1S/C35H37F2N7O8S/c1-19(2)33(42-29(45)17-44-31(46)8-9-32(44)47)35(49)39-20(3)34(48)43-53(4,50)18-21-12-28-40-27-15-24(25(37)16-38-27)23-7-6-22(36)14-26(23)51-10-5-11-52-30(13-21)41-28/h6-9,12-16,19-20,33H,5,10-11,17-18H2,1-4H3,(H,39,49)(H,42,45)(H,38,40,41)/t20-,33-,53?/m0/s1. The van der Waals surface area contributed by atoms with E-state index in [1.54, 1.807) is 19.9 Å². The van der Waals surface area contributed by atoms with Crippen LogP contribution in [0.15, 0.2) is 59.1 Å². The molecule has 4 heterocycles. The number of carbonyl (C=O) groups is 5. The Morgan fingerprint density at radius 2 is 1.70 bits per heavy atom. The zero-order valence-corrected chi connectivity index (χ0v) is 30.0. The lowest BCUT2D eigenvalue weighted by Gasteiger charge is -2.24. The normalized spacial score (nSPS) is 16.2. The van der Waals surface area contributed by atoms with Crippen LogP contribution in [-0.2, 0) is 39.5 Å². The zero-order valence-electron chi connectivity index (χ0n) is 29.2. The Labute approximate surface area is 303 Å². The molecule has 3 atom stereocenters. The van der Waals surface area contributed by atoms with Crippen LogP contribution in [-0.4, -0.2) is 86.7 Å². The summed E-state index contributed by atoms with van der Waals surface area (Å²) in [5.74, 6) is -4.91. The number of fused-ring (bicyclic) bond motifs is 6. The van der Waals surface area contributed by atoms with Gasteiger partial charge in [0, 0.05) is 48.1 Å². The first-order chi connectivity index (χ1) is 25.1. The van der Waals surface area contributed by atoms with Gasteiger partial charge >= 0.3 is 0 Å². The van der Waals surface area contributed by atoms with Gasteiger partial charge in [-0.2, -0.15) is 9.35 Å². The van der Waals surface area contributed by atoms with Gasteiger partial charge in [-0.05, 0) is 42.7 Å². The Bertz CT molecular complexity index is 2100. The summed E-state index contributed by atoms with van der Waals surface area (Å²) in [6.45, 7) is 4.31. The predicted octanol–water partition coefficient (Wildman–Crippen LogP) is 3.02. The number of anilines is 2. The maximum atomic E-state index is 15.0. The molecule has 1 unspecified atom stereocenters. The number of amides is 5. The first-order valence-corrected chi connectivity index (χ1v) is 18.5. The molecule has 15 nitrogen and oxygen atoms in total. The van der Waals surface area contributed by atoms with Crippen molar-refractivity contribution in [2.75, 3.05) is 31.3 Å². The van der Waals surface area contributed by atoms with Gasteiger partial charge in [-0.1, -0.05) is 13.8 Å². The van der Waals surface area contributed by atoms with E-state index in [0.29, 0.717) is 17.5 Å². The molecule has 0 saturated heterocycles. The monoisotopic (exact) mass is 753 g/mol. The van der Waals surface area contributed by atoms with Crippen LogP contribution in [0, 0.1) is 17.6 Å². The van der Waals surface area contributed by atoms with Crippen LogP contribution < -0.4 is 25.4 Å². The molecular formula is C35H37F2N7O8S. The van der Waals surface area contributed by atoms with Crippen molar-refractivity contribution in [3.8, 4) is 22.8 Å². The lowest BCUT2D eigenvalue weighted by Crippen LogP contribution is -2.54. The minimum absolute atomic E-state index is 0.104. The van der Waals surface area contributed by atoms with Gasteiger partial charge in [0.2, 0.25) is 17.7 Å². The van der Waals surface area contributed by atoms with Crippen molar-refractivity contribution < 1.29 is 46.4 Å². The number of rotatable bonds is 9. The van der Waals surface area contributed by atoms with E-state index >= 15 is 0 Å². The molecule has 0 radical (unpaired) electrons. The average molecular weight is 754 g/mol. The van der Waals surface area contributed by atoms with Crippen LogP contribution in [0.3, 0.4) is 0 Å². The lowest BCUT2D eigenvalue weighted by molar-refractivity contribution is -0.141. The Kier molecular flexibility index (Phi) is 11.8. The van der Waals surface area contributed by atoms with Gasteiger partial charge in [0.1, 0.15) is 47.6 Å². The number of hydrogen-bond donors (Lipinski definition) is 3. The summed E-state index contributed by atoms with van der Waals surface area (Å²) in [5.41, 5.74) is 0.830. The molecule has 0 fully saturated rings. The number of nitrogens with zero attached hydrogens (tertiary/aromatic N) is 4. The van der Waals surface area contributed by atoms with E-state index in [4.69, 9.17) is 9.47 Å². The van der Waals surface area contributed by atoms with Crippen LogP contribution in [0.1, 0.15) is 32.8 Å². The number of hydrogen-bond acceptors (Lipinski definition) is 11. The average Bonchev–Trinajstić information content (AvgIpc) is 3.39. The van der Waals surface area contributed by atoms with Gasteiger partial charge in [-0.15, -0.1) is 0 Å². The van der Waals surface area contributed by atoms with Crippen molar-refractivity contribution in [3.63, 3.8) is 0 Å². The molecule has 0 saturated carbocycles. The predicted molar refractivity (Wildman–Crippen MR) is 188 cm³/mol. The Morgan fingerprint density at radius 3 is 2.42 bits per heavy atom. The van der Waals surface area contributed by atoms with Crippen LogP contribution >= 0.6 is 0 Å². The quantitative estimate of drug-likeness (QED) is 0.272. The zero-order chi connectivity index (χ0) is 38.4. The van der Waals surface area contributed by atoms with Crippen LogP contribution in [0.5, 0.6) is 11.6 Å². The van der Waals surface area contributed by atoms with Crippen LogP contribution in [0.25, 0.3) is 11.1 Å². The fourth-order valence-corrected chi connectivity index (χ4v) is 6.73. The van der Waals surface area contributed by atoms with E-state index in [1.165, 1.54) is 43.5 Å². The van der Waals surface area contributed by atoms with Crippen LogP contribution in [0.2, 0.25) is 0 Å². The lowest BCUT2D eigenvalue weighted by atomic mass is 10.0.